The molecule has 0 N–H and O–H groups in total. The number of hydrogen-bond acceptors (Lipinski definition) is 3. The Morgan fingerprint density at radius 1 is 0.306 bits per heavy atom. The second-order valence-electron chi connectivity index (χ2n) is 16.1. The molecule has 2 aromatic heterocycles. The first-order valence-corrected chi connectivity index (χ1v) is 22.0. The predicted octanol–water partition coefficient (Wildman–Crippen LogP) is 15.5. The van der Waals surface area contributed by atoms with Crippen molar-refractivity contribution in [2.75, 3.05) is 0 Å². The van der Waals surface area contributed by atoms with Gasteiger partial charge in [-0.15, -0.1) is 11.3 Å². The van der Waals surface area contributed by atoms with E-state index < -0.39 is 5.41 Å². The second kappa shape index (κ2) is 14.8. The summed E-state index contributed by atoms with van der Waals surface area (Å²) in [5, 5.41) is 2.62. The standard InChI is InChI=1S/C59H38N2S/c1-4-15-41(16-5-1)58-60-54(40-29-27-39(28-30-40)43-32-34-57-51(37-43)49-24-11-13-26-56(49)62-57)38-55(61-58)45-18-14-17-42(35-45)44-31-33-53-50(36-44)48-23-10-12-25-52(48)59(53,46-19-6-2-7-20-46)47-21-8-3-9-22-47/h1-38H. The minimum absolute atomic E-state index is 0.426. The van der Waals surface area contributed by atoms with Crippen LogP contribution < -0.4 is 0 Å². The summed E-state index contributed by atoms with van der Waals surface area (Å²) in [6.07, 6.45) is 0. The molecule has 9 aromatic carbocycles. The minimum atomic E-state index is -0.426. The number of fused-ring (bicyclic) bond motifs is 6. The summed E-state index contributed by atoms with van der Waals surface area (Å²) >= 11 is 1.85. The van der Waals surface area contributed by atoms with Gasteiger partial charge in [-0.1, -0.05) is 194 Å². The molecule has 1 aliphatic carbocycles. The van der Waals surface area contributed by atoms with E-state index in [0.29, 0.717) is 5.82 Å². The Kier molecular flexibility index (Phi) is 8.62. The summed E-state index contributed by atoms with van der Waals surface area (Å²) < 4.78 is 2.63. The quantitative estimate of drug-likeness (QED) is 0.160. The Hall–Kier alpha value is -7.72. The van der Waals surface area contributed by atoms with Gasteiger partial charge < -0.3 is 0 Å². The lowest BCUT2D eigenvalue weighted by atomic mass is 9.67. The largest absolute Gasteiger partial charge is 0.228 e. The highest BCUT2D eigenvalue weighted by Gasteiger charge is 2.45. The van der Waals surface area contributed by atoms with E-state index in [2.05, 4.69) is 212 Å². The van der Waals surface area contributed by atoms with E-state index in [-0.39, 0.29) is 0 Å². The molecule has 11 aromatic rings. The smallest absolute Gasteiger partial charge is 0.160 e. The van der Waals surface area contributed by atoms with Crippen LogP contribution in [0.3, 0.4) is 0 Å². The monoisotopic (exact) mass is 806 g/mol. The zero-order valence-electron chi connectivity index (χ0n) is 33.7. The van der Waals surface area contributed by atoms with Crippen molar-refractivity contribution in [2.45, 2.75) is 5.41 Å². The average Bonchev–Trinajstić information content (AvgIpc) is 3.88. The molecule has 62 heavy (non-hydrogen) atoms. The fourth-order valence-corrected chi connectivity index (χ4v) is 10.8. The molecular weight excluding hydrogens is 769 g/mol. The first-order valence-electron chi connectivity index (χ1n) is 21.1. The molecule has 1 aliphatic rings. The molecule has 0 unspecified atom stereocenters. The molecule has 0 amide bonds. The zero-order valence-corrected chi connectivity index (χ0v) is 34.6. The summed E-state index contributed by atoms with van der Waals surface area (Å²) in [4.78, 5) is 10.4. The lowest BCUT2D eigenvalue weighted by molar-refractivity contribution is 0.768. The van der Waals surface area contributed by atoms with Gasteiger partial charge in [-0.05, 0) is 92.0 Å². The molecule has 0 fully saturated rings. The molecule has 12 rings (SSSR count). The molecule has 2 heterocycles. The summed E-state index contributed by atoms with van der Waals surface area (Å²) in [7, 11) is 0. The highest BCUT2D eigenvalue weighted by atomic mass is 32.1. The number of hydrogen-bond donors (Lipinski definition) is 0. The van der Waals surface area contributed by atoms with Gasteiger partial charge in [0.15, 0.2) is 5.82 Å². The first-order chi connectivity index (χ1) is 30.7. The third kappa shape index (κ3) is 5.93. The van der Waals surface area contributed by atoms with Crippen LogP contribution >= 0.6 is 11.3 Å². The van der Waals surface area contributed by atoms with Gasteiger partial charge in [0.2, 0.25) is 0 Å². The zero-order chi connectivity index (χ0) is 41.0. The number of nitrogens with zero attached hydrogens (tertiary/aromatic N) is 2. The highest BCUT2D eigenvalue weighted by molar-refractivity contribution is 7.25. The lowest BCUT2D eigenvalue weighted by Crippen LogP contribution is -2.28. The first kappa shape index (κ1) is 36.2. The number of rotatable bonds is 7. The normalized spacial score (nSPS) is 12.6. The average molecular weight is 807 g/mol. The molecule has 0 saturated carbocycles. The van der Waals surface area contributed by atoms with Gasteiger partial charge in [-0.2, -0.15) is 0 Å². The molecule has 0 saturated heterocycles. The summed E-state index contributed by atoms with van der Waals surface area (Å²) in [5.74, 6) is 0.703. The van der Waals surface area contributed by atoms with Crippen LogP contribution in [0.5, 0.6) is 0 Å². The SMILES string of the molecule is c1ccc(-c2nc(-c3ccc(-c4ccc5sc6ccccc6c5c4)cc3)cc(-c3cccc(-c4ccc5c(c4)-c4ccccc4C5(c4ccccc4)c4ccccc4)c3)n2)cc1. The van der Waals surface area contributed by atoms with Crippen LogP contribution in [-0.4, -0.2) is 9.97 Å². The maximum absolute atomic E-state index is 5.21. The van der Waals surface area contributed by atoms with Gasteiger partial charge in [0.1, 0.15) is 0 Å². The topological polar surface area (TPSA) is 25.8 Å². The van der Waals surface area contributed by atoms with Gasteiger partial charge in [0.25, 0.3) is 0 Å². The van der Waals surface area contributed by atoms with Gasteiger partial charge in [-0.25, -0.2) is 9.97 Å². The van der Waals surface area contributed by atoms with Crippen molar-refractivity contribution in [1.29, 1.82) is 0 Å². The fraction of sp³-hybridized carbons (Fsp3) is 0.0169. The van der Waals surface area contributed by atoms with Gasteiger partial charge in [-0.3, -0.25) is 0 Å². The Balaban J connectivity index is 0.944. The Morgan fingerprint density at radius 2 is 0.839 bits per heavy atom. The van der Waals surface area contributed by atoms with Crippen molar-refractivity contribution in [3.8, 4) is 67.3 Å². The van der Waals surface area contributed by atoms with Crippen molar-refractivity contribution >= 4 is 31.5 Å². The van der Waals surface area contributed by atoms with Crippen LogP contribution in [0.2, 0.25) is 0 Å². The molecule has 0 radical (unpaired) electrons. The maximum atomic E-state index is 5.21. The van der Waals surface area contributed by atoms with Crippen LogP contribution in [-0.2, 0) is 5.41 Å². The van der Waals surface area contributed by atoms with Crippen LogP contribution in [0.15, 0.2) is 231 Å². The van der Waals surface area contributed by atoms with E-state index in [0.717, 1.165) is 33.6 Å². The van der Waals surface area contributed by atoms with Gasteiger partial charge in [0.05, 0.1) is 16.8 Å². The highest BCUT2D eigenvalue weighted by Crippen LogP contribution is 2.56. The summed E-state index contributed by atoms with van der Waals surface area (Å²) in [6, 6.07) is 83.4. The molecule has 0 bridgehead atoms. The summed E-state index contributed by atoms with van der Waals surface area (Å²) in [6.45, 7) is 0. The van der Waals surface area contributed by atoms with E-state index >= 15 is 0 Å². The molecule has 0 aliphatic heterocycles. The van der Waals surface area contributed by atoms with E-state index in [4.69, 9.17) is 9.97 Å². The van der Waals surface area contributed by atoms with Crippen molar-refractivity contribution in [3.05, 3.63) is 253 Å². The van der Waals surface area contributed by atoms with Crippen LogP contribution in [0, 0.1) is 0 Å². The number of thiophene rings is 1. The predicted molar refractivity (Wildman–Crippen MR) is 259 cm³/mol. The third-order valence-electron chi connectivity index (χ3n) is 12.6. The van der Waals surface area contributed by atoms with Gasteiger partial charge >= 0.3 is 0 Å². The number of benzene rings is 9. The van der Waals surface area contributed by atoms with Gasteiger partial charge in [0, 0.05) is 36.9 Å². The van der Waals surface area contributed by atoms with Crippen molar-refractivity contribution in [3.63, 3.8) is 0 Å². The van der Waals surface area contributed by atoms with E-state index in [1.54, 1.807) is 0 Å². The second-order valence-corrected chi connectivity index (χ2v) is 17.2. The molecule has 3 heteroatoms. The van der Waals surface area contributed by atoms with E-state index in [1.807, 2.05) is 29.5 Å². The van der Waals surface area contributed by atoms with Crippen LogP contribution in [0.25, 0.3) is 87.5 Å². The maximum Gasteiger partial charge on any atom is 0.160 e. The van der Waals surface area contributed by atoms with Crippen molar-refractivity contribution < 1.29 is 0 Å². The Morgan fingerprint density at radius 3 is 1.61 bits per heavy atom. The fourth-order valence-electron chi connectivity index (χ4n) is 9.69. The molecule has 0 spiro atoms. The van der Waals surface area contributed by atoms with Crippen LogP contribution in [0.4, 0.5) is 0 Å². The van der Waals surface area contributed by atoms with Crippen LogP contribution in [0.1, 0.15) is 22.3 Å². The molecule has 2 nitrogen and oxygen atoms in total. The Bertz CT molecular complexity index is 3400. The summed E-state index contributed by atoms with van der Waals surface area (Å²) in [5.41, 5.74) is 16.8. The van der Waals surface area contributed by atoms with Crippen molar-refractivity contribution in [1.82, 2.24) is 9.97 Å². The van der Waals surface area contributed by atoms with Crippen molar-refractivity contribution in [2.24, 2.45) is 0 Å². The molecule has 0 atom stereocenters. The van der Waals surface area contributed by atoms with E-state index in [9.17, 15) is 0 Å². The lowest BCUT2D eigenvalue weighted by Gasteiger charge is -2.33. The minimum Gasteiger partial charge on any atom is -0.228 e. The number of aromatic nitrogens is 2. The molecular formula is C59H38N2S. The third-order valence-corrected chi connectivity index (χ3v) is 13.8. The molecule has 290 valence electrons. The Labute approximate surface area is 365 Å². The van der Waals surface area contributed by atoms with E-state index in [1.165, 1.54) is 70.2 Å².